The van der Waals surface area contributed by atoms with Gasteiger partial charge in [0.1, 0.15) is 5.03 Å². The van der Waals surface area contributed by atoms with Crippen LogP contribution in [0.25, 0.3) is 0 Å². The summed E-state index contributed by atoms with van der Waals surface area (Å²) < 4.78 is 15.5. The average molecular weight is 300 g/mol. The van der Waals surface area contributed by atoms with Gasteiger partial charge in [-0.1, -0.05) is 24.4 Å². The van der Waals surface area contributed by atoms with Crippen molar-refractivity contribution in [2.24, 2.45) is 0 Å². The van der Waals surface area contributed by atoms with E-state index in [4.69, 9.17) is 11.6 Å². The fraction of sp³-hybridized carbons (Fsp3) is 0.455. The summed E-state index contributed by atoms with van der Waals surface area (Å²) in [6.45, 7) is 0. The van der Waals surface area contributed by atoms with Crippen LogP contribution >= 0.6 is 23.4 Å². The Morgan fingerprint density at radius 3 is 2.89 bits per heavy atom. The summed E-state index contributed by atoms with van der Waals surface area (Å²) in [7, 11) is 0. The Morgan fingerprint density at radius 2 is 2.16 bits per heavy atom. The van der Waals surface area contributed by atoms with E-state index in [2.05, 4.69) is 20.5 Å². The molecule has 0 amide bonds. The zero-order valence-electron chi connectivity index (χ0n) is 9.96. The first-order valence-electron chi connectivity index (χ1n) is 6.01. The van der Waals surface area contributed by atoms with Gasteiger partial charge >= 0.3 is 0 Å². The van der Waals surface area contributed by atoms with Crippen molar-refractivity contribution in [1.29, 1.82) is 0 Å². The van der Waals surface area contributed by atoms with Crippen molar-refractivity contribution >= 4 is 23.4 Å². The number of rotatable bonds is 3. The second kappa shape index (κ2) is 5.42. The quantitative estimate of drug-likeness (QED) is 0.871. The van der Waals surface area contributed by atoms with Crippen LogP contribution in [0.3, 0.4) is 0 Å². The first kappa shape index (κ1) is 12.8. The lowest BCUT2D eigenvalue weighted by Gasteiger charge is -2.10. The van der Waals surface area contributed by atoms with Gasteiger partial charge in [0.15, 0.2) is 5.82 Å². The topological polar surface area (TPSA) is 56.5 Å². The first-order valence-corrected chi connectivity index (χ1v) is 7.20. The molecule has 5 nitrogen and oxygen atoms in total. The lowest BCUT2D eigenvalue weighted by Crippen LogP contribution is -2.08. The lowest BCUT2D eigenvalue weighted by molar-refractivity contribution is 0.422. The van der Waals surface area contributed by atoms with Crippen LogP contribution in [0.15, 0.2) is 22.4 Å². The summed E-state index contributed by atoms with van der Waals surface area (Å²) in [5, 5.41) is 12.7. The standard InChI is InChI=1S/C11H11ClFN5S/c12-7-5-9(13)10(14-6-7)19-11-15-16-17-18(11)8-3-1-2-4-8/h5-6,8H,1-4H2. The number of aromatic nitrogens is 5. The highest BCUT2D eigenvalue weighted by Crippen LogP contribution is 2.34. The third-order valence-electron chi connectivity index (χ3n) is 3.10. The fourth-order valence-electron chi connectivity index (χ4n) is 2.19. The van der Waals surface area contributed by atoms with Crippen molar-refractivity contribution in [3.8, 4) is 0 Å². The molecule has 0 bridgehead atoms. The molecule has 3 rings (SSSR count). The molecule has 19 heavy (non-hydrogen) atoms. The molecule has 1 fully saturated rings. The molecule has 1 aliphatic rings. The van der Waals surface area contributed by atoms with Crippen molar-refractivity contribution in [2.45, 2.75) is 41.9 Å². The van der Waals surface area contributed by atoms with Crippen molar-refractivity contribution in [3.63, 3.8) is 0 Å². The molecule has 100 valence electrons. The van der Waals surface area contributed by atoms with Crippen LogP contribution in [0.2, 0.25) is 5.02 Å². The maximum atomic E-state index is 13.7. The van der Waals surface area contributed by atoms with Gasteiger partial charge in [0, 0.05) is 6.20 Å². The van der Waals surface area contributed by atoms with Gasteiger partial charge in [-0.2, -0.15) is 0 Å². The van der Waals surface area contributed by atoms with Gasteiger partial charge in [0.25, 0.3) is 0 Å². The zero-order chi connectivity index (χ0) is 13.2. The maximum Gasteiger partial charge on any atom is 0.215 e. The zero-order valence-corrected chi connectivity index (χ0v) is 11.5. The van der Waals surface area contributed by atoms with Crippen molar-refractivity contribution in [3.05, 3.63) is 23.1 Å². The summed E-state index contributed by atoms with van der Waals surface area (Å²) in [5.74, 6) is -0.460. The minimum absolute atomic E-state index is 0.235. The Balaban J connectivity index is 1.85. The van der Waals surface area contributed by atoms with Gasteiger partial charge in [-0.05, 0) is 41.1 Å². The van der Waals surface area contributed by atoms with Crippen LogP contribution in [0.5, 0.6) is 0 Å². The minimum atomic E-state index is -0.460. The molecule has 0 atom stereocenters. The predicted molar refractivity (Wildman–Crippen MR) is 68.7 cm³/mol. The van der Waals surface area contributed by atoms with Gasteiger partial charge in [-0.15, -0.1) is 5.10 Å². The number of tetrazole rings is 1. The van der Waals surface area contributed by atoms with E-state index >= 15 is 0 Å². The molecule has 0 N–H and O–H groups in total. The Kier molecular flexibility index (Phi) is 3.65. The van der Waals surface area contributed by atoms with Gasteiger partial charge < -0.3 is 0 Å². The Bertz CT molecular complexity index is 584. The third-order valence-corrected chi connectivity index (χ3v) is 4.25. The Hall–Kier alpha value is -1.21. The fourth-order valence-corrected chi connectivity index (χ4v) is 3.13. The molecule has 0 saturated heterocycles. The number of hydrogen-bond acceptors (Lipinski definition) is 5. The smallest absolute Gasteiger partial charge is 0.215 e. The van der Waals surface area contributed by atoms with E-state index in [1.807, 2.05) is 0 Å². The van der Waals surface area contributed by atoms with E-state index in [9.17, 15) is 4.39 Å². The van der Waals surface area contributed by atoms with Gasteiger partial charge in [0.05, 0.1) is 11.1 Å². The van der Waals surface area contributed by atoms with E-state index in [0.29, 0.717) is 11.2 Å². The molecule has 0 radical (unpaired) electrons. The van der Waals surface area contributed by atoms with Crippen molar-refractivity contribution in [1.82, 2.24) is 25.2 Å². The highest BCUT2D eigenvalue weighted by molar-refractivity contribution is 7.99. The van der Waals surface area contributed by atoms with Crippen LogP contribution in [0.1, 0.15) is 31.7 Å². The molecule has 1 saturated carbocycles. The van der Waals surface area contributed by atoms with Crippen LogP contribution in [-0.4, -0.2) is 25.2 Å². The molecule has 1 aliphatic carbocycles. The SMILES string of the molecule is Fc1cc(Cl)cnc1Sc1nnnn1C1CCCC1. The second-order valence-corrected chi connectivity index (χ2v) is 5.78. The van der Waals surface area contributed by atoms with E-state index in [1.165, 1.54) is 25.1 Å². The number of nitrogens with zero attached hydrogens (tertiary/aromatic N) is 5. The molecular weight excluding hydrogens is 289 g/mol. The summed E-state index contributed by atoms with van der Waals surface area (Å²) in [4.78, 5) is 3.97. The number of hydrogen-bond donors (Lipinski definition) is 0. The summed E-state index contributed by atoms with van der Waals surface area (Å²) in [6, 6.07) is 1.55. The van der Waals surface area contributed by atoms with E-state index in [0.717, 1.165) is 24.6 Å². The molecule has 0 aromatic carbocycles. The van der Waals surface area contributed by atoms with E-state index in [1.54, 1.807) is 4.68 Å². The van der Waals surface area contributed by atoms with E-state index in [-0.39, 0.29) is 10.0 Å². The van der Waals surface area contributed by atoms with Crippen LogP contribution < -0.4 is 0 Å². The third kappa shape index (κ3) is 2.71. The Labute approximate surface area is 118 Å². The van der Waals surface area contributed by atoms with Gasteiger partial charge in [-0.25, -0.2) is 14.1 Å². The lowest BCUT2D eigenvalue weighted by atomic mass is 10.3. The molecular formula is C11H11ClFN5S. The molecule has 2 aromatic rings. The van der Waals surface area contributed by atoms with Crippen LogP contribution in [0.4, 0.5) is 4.39 Å². The van der Waals surface area contributed by atoms with Crippen molar-refractivity contribution < 1.29 is 4.39 Å². The predicted octanol–water partition coefficient (Wildman–Crippen LogP) is 3.13. The molecule has 2 heterocycles. The average Bonchev–Trinajstić information content (AvgIpc) is 3.03. The van der Waals surface area contributed by atoms with Gasteiger partial charge in [-0.3, -0.25) is 0 Å². The highest BCUT2D eigenvalue weighted by atomic mass is 35.5. The maximum absolute atomic E-state index is 13.7. The normalized spacial score (nSPS) is 16.1. The summed E-state index contributed by atoms with van der Waals surface area (Å²) >= 11 is 6.80. The number of pyridine rings is 1. The minimum Gasteiger partial charge on any atom is -0.245 e. The highest BCUT2D eigenvalue weighted by Gasteiger charge is 2.22. The Morgan fingerprint density at radius 1 is 1.37 bits per heavy atom. The largest absolute Gasteiger partial charge is 0.245 e. The molecule has 2 aromatic heterocycles. The molecule has 8 heteroatoms. The summed E-state index contributed by atoms with van der Waals surface area (Å²) in [5.41, 5.74) is 0. The summed E-state index contributed by atoms with van der Waals surface area (Å²) in [6.07, 6.45) is 5.91. The van der Waals surface area contributed by atoms with Gasteiger partial charge in [0.2, 0.25) is 5.16 Å². The van der Waals surface area contributed by atoms with Crippen molar-refractivity contribution in [2.75, 3.05) is 0 Å². The van der Waals surface area contributed by atoms with E-state index < -0.39 is 5.82 Å². The molecule has 0 unspecified atom stereocenters. The van der Waals surface area contributed by atoms with Crippen LogP contribution in [0, 0.1) is 5.82 Å². The monoisotopic (exact) mass is 299 g/mol. The first-order chi connectivity index (χ1) is 9.24. The van der Waals surface area contributed by atoms with Crippen LogP contribution in [-0.2, 0) is 0 Å². The number of halogens is 2. The second-order valence-electron chi connectivity index (χ2n) is 4.39. The molecule has 0 spiro atoms. The molecule has 0 aliphatic heterocycles.